The fourth-order valence-corrected chi connectivity index (χ4v) is 15.7. The van der Waals surface area contributed by atoms with Gasteiger partial charge in [0.05, 0.1) is 0 Å². The maximum atomic E-state index is 7.00. The molecular weight excluding hydrogens is 711 g/mol. The van der Waals surface area contributed by atoms with Crippen LogP contribution in [-0.2, 0) is 0 Å². The summed E-state index contributed by atoms with van der Waals surface area (Å²) in [5.41, 5.74) is 0. The molecule has 1 fully saturated rings. The first-order valence-electron chi connectivity index (χ1n) is 16.8. The Morgan fingerprint density at radius 2 is 0.750 bits per heavy atom. The van der Waals surface area contributed by atoms with E-state index in [1.807, 2.05) is 189 Å². The summed E-state index contributed by atoms with van der Waals surface area (Å²) in [7, 11) is -10.4. The fraction of sp³-hybridized carbons (Fsp3) is 0.100. The molecule has 0 radical (unpaired) electrons. The van der Waals surface area contributed by atoms with Gasteiger partial charge in [-0.25, -0.2) is 4.74 Å². The van der Waals surface area contributed by atoms with E-state index >= 15 is 0 Å². The van der Waals surface area contributed by atoms with E-state index < -0.39 is 39.9 Å². The summed E-state index contributed by atoms with van der Waals surface area (Å²) in [6.45, 7) is 1.96. The zero-order valence-electron chi connectivity index (χ0n) is 28.2. The molecule has 12 heteroatoms. The molecule has 0 aliphatic carbocycles. The van der Waals surface area contributed by atoms with Crippen LogP contribution in [0.25, 0.3) is 0 Å². The minimum absolute atomic E-state index is 0.524. The number of rotatable bonds is 12. The zero-order valence-corrected chi connectivity index (χ0v) is 30.9. The molecule has 0 saturated carbocycles. The van der Waals surface area contributed by atoms with Gasteiger partial charge in [0, 0.05) is 0 Å². The summed E-state index contributed by atoms with van der Waals surface area (Å²) >= 11 is 0. The molecule has 0 N–H and O–H groups in total. The summed E-state index contributed by atoms with van der Waals surface area (Å²) in [6.07, 6.45) is 0. The molecule has 4 atom stereocenters. The van der Waals surface area contributed by atoms with E-state index in [0.29, 0.717) is 34.5 Å². The summed E-state index contributed by atoms with van der Waals surface area (Å²) < 4.78 is 58.1. The molecule has 8 rings (SSSR count). The Morgan fingerprint density at radius 1 is 0.404 bits per heavy atom. The van der Waals surface area contributed by atoms with Gasteiger partial charge < -0.3 is 27.4 Å². The van der Waals surface area contributed by atoms with Crippen molar-refractivity contribution in [2.75, 3.05) is 0 Å². The molecule has 2 aliphatic heterocycles. The Morgan fingerprint density at radius 3 is 1.15 bits per heavy atom. The van der Waals surface area contributed by atoms with E-state index in [1.165, 1.54) is 0 Å². The lowest BCUT2D eigenvalue weighted by molar-refractivity contribution is 0.311. The number of nitrogens with zero attached hydrogens (tertiary/aromatic N) is 3. The molecular formula is C40H36N3O6P3. The van der Waals surface area contributed by atoms with Crippen LogP contribution in [0.2, 0.25) is 0 Å². The molecule has 6 aromatic carbocycles. The van der Waals surface area contributed by atoms with Crippen LogP contribution in [0, 0.1) is 0 Å². The van der Waals surface area contributed by atoms with Gasteiger partial charge in [-0.3, -0.25) is 0 Å². The molecule has 0 bridgehead atoms. The topological polar surface area (TPSA) is 92.5 Å². The quantitative estimate of drug-likeness (QED) is 0.116. The normalized spacial score (nSPS) is 22.2. The maximum Gasteiger partial charge on any atom is 0.449 e. The first kappa shape index (κ1) is 33.9. The molecule has 1 saturated heterocycles. The van der Waals surface area contributed by atoms with Crippen molar-refractivity contribution in [3.05, 3.63) is 182 Å². The SMILES string of the molecule is CC1N=[P@]2(Oc3ccccc3)C(N=P(Oc3ccccc3)(Oc3ccccc3)N=P1(Oc1ccccc1)Oc1ccccc1)C2Oc1ccccc1. The van der Waals surface area contributed by atoms with Gasteiger partial charge in [0.2, 0.25) is 7.28 Å². The van der Waals surface area contributed by atoms with E-state index in [-0.39, 0.29) is 0 Å². The second-order valence-corrected chi connectivity index (χ2v) is 19.3. The molecule has 0 aromatic heterocycles. The lowest BCUT2D eigenvalue weighted by Crippen LogP contribution is -2.15. The average Bonchev–Trinajstić information content (AvgIpc) is 3.72. The number of fused-ring (bicyclic) bond motifs is 1. The van der Waals surface area contributed by atoms with Crippen molar-refractivity contribution in [3.63, 3.8) is 0 Å². The smallest absolute Gasteiger partial charge is 0.449 e. The lowest BCUT2D eigenvalue weighted by atomic mass is 10.3. The van der Waals surface area contributed by atoms with Gasteiger partial charge in [0.1, 0.15) is 34.5 Å². The van der Waals surface area contributed by atoms with Crippen molar-refractivity contribution in [3.8, 4) is 34.5 Å². The van der Waals surface area contributed by atoms with Gasteiger partial charge in [0.25, 0.3) is 0 Å². The minimum Gasteiger partial charge on any atom is -0.478 e. The van der Waals surface area contributed by atoms with Crippen molar-refractivity contribution in [2.45, 2.75) is 24.3 Å². The molecule has 6 aromatic rings. The van der Waals surface area contributed by atoms with Crippen LogP contribution in [-0.4, -0.2) is 17.4 Å². The monoisotopic (exact) mass is 747 g/mol. The van der Waals surface area contributed by atoms with Crippen LogP contribution in [0.5, 0.6) is 34.5 Å². The highest BCUT2D eigenvalue weighted by Gasteiger charge is 2.68. The van der Waals surface area contributed by atoms with Crippen molar-refractivity contribution < 1.29 is 27.4 Å². The Labute approximate surface area is 303 Å². The van der Waals surface area contributed by atoms with E-state index in [4.69, 9.17) is 41.4 Å². The first-order valence-corrected chi connectivity index (χ1v) is 21.8. The van der Waals surface area contributed by atoms with Crippen LogP contribution in [0.1, 0.15) is 6.92 Å². The number of hydrogen-bond acceptors (Lipinski definition) is 9. The molecule has 9 nitrogen and oxygen atoms in total. The van der Waals surface area contributed by atoms with Crippen LogP contribution in [0.15, 0.2) is 196 Å². The van der Waals surface area contributed by atoms with Gasteiger partial charge in [0.15, 0.2) is 17.4 Å². The van der Waals surface area contributed by atoms with Gasteiger partial charge in [-0.05, 0) is 79.7 Å². The maximum absolute atomic E-state index is 7.00. The Hall–Kier alpha value is -5.19. The summed E-state index contributed by atoms with van der Waals surface area (Å²) in [6, 6.07) is 57.1. The number of benzene rings is 6. The molecule has 3 unspecified atom stereocenters. The third kappa shape index (κ3) is 7.40. The van der Waals surface area contributed by atoms with Crippen molar-refractivity contribution in [2.24, 2.45) is 14.0 Å². The molecule has 2 heterocycles. The predicted octanol–water partition coefficient (Wildman–Crippen LogP) is 12.6. The number of para-hydroxylation sites is 6. The van der Waals surface area contributed by atoms with E-state index in [1.54, 1.807) is 0 Å². The fourth-order valence-electron chi connectivity index (χ4n) is 5.63. The summed E-state index contributed by atoms with van der Waals surface area (Å²) in [5, 5.41) is 0. The standard InChI is InChI=1S/C40H36N3O6P3/c1-32-41-50(45-34-22-10-3-11-23-34)39(40(50)44-33-20-8-2-9-21-33)42-52(48-37-28-16-6-17-29-37,49-38-30-18-7-19-31-38)43-51(32,46-35-24-12-4-13-25-35)47-36-26-14-5-15-27-36/h2-32,39-40H,1H3/t32?,39?,40?,50-/m0/s1. The largest absolute Gasteiger partial charge is 0.478 e. The highest BCUT2D eigenvalue weighted by atomic mass is 31.2. The Bertz CT molecular complexity index is 2180. The van der Waals surface area contributed by atoms with Gasteiger partial charge in [-0.2, -0.15) is 4.74 Å². The van der Waals surface area contributed by atoms with Gasteiger partial charge in [-0.1, -0.05) is 109 Å². The molecule has 0 amide bonds. The number of hydrogen-bond donors (Lipinski definition) is 0. The molecule has 2 aliphatic rings. The Kier molecular flexibility index (Phi) is 9.66. The van der Waals surface area contributed by atoms with E-state index in [0.717, 1.165) is 0 Å². The molecule has 52 heavy (non-hydrogen) atoms. The second-order valence-electron chi connectivity index (χ2n) is 11.9. The average molecular weight is 748 g/mol. The first-order chi connectivity index (χ1) is 25.5. The van der Waals surface area contributed by atoms with Crippen LogP contribution in [0.3, 0.4) is 0 Å². The third-order valence-corrected chi connectivity index (χ3v) is 17.0. The van der Waals surface area contributed by atoms with E-state index in [9.17, 15) is 0 Å². The van der Waals surface area contributed by atoms with Gasteiger partial charge >= 0.3 is 15.2 Å². The van der Waals surface area contributed by atoms with Crippen LogP contribution >= 0.6 is 22.4 Å². The van der Waals surface area contributed by atoms with Crippen molar-refractivity contribution in [1.29, 1.82) is 0 Å². The number of ether oxygens (including phenoxy) is 1. The van der Waals surface area contributed by atoms with Gasteiger partial charge in [-0.15, -0.1) is 4.52 Å². The summed E-state index contributed by atoms with van der Waals surface area (Å²) in [4.78, 5) is 0. The Balaban J connectivity index is 1.42. The predicted molar refractivity (Wildman–Crippen MR) is 208 cm³/mol. The van der Waals surface area contributed by atoms with Crippen molar-refractivity contribution >= 4 is 22.4 Å². The third-order valence-electron chi connectivity index (χ3n) is 8.12. The lowest BCUT2D eigenvalue weighted by Gasteiger charge is -2.32. The highest BCUT2D eigenvalue weighted by molar-refractivity contribution is 7.74. The van der Waals surface area contributed by atoms with Crippen molar-refractivity contribution in [1.82, 2.24) is 0 Å². The molecule has 262 valence electrons. The summed E-state index contributed by atoms with van der Waals surface area (Å²) in [5.74, 6) is 1.63. The molecule has 0 spiro atoms. The highest BCUT2D eigenvalue weighted by Crippen LogP contribution is 2.83. The van der Waals surface area contributed by atoms with E-state index in [2.05, 4.69) is 0 Å². The van der Waals surface area contributed by atoms with Crippen LogP contribution in [0.4, 0.5) is 0 Å². The van der Waals surface area contributed by atoms with Crippen LogP contribution < -0.4 is 27.4 Å². The minimum atomic E-state index is -3.78. The second kappa shape index (κ2) is 14.8. The zero-order chi connectivity index (χ0) is 35.3.